The fourth-order valence-corrected chi connectivity index (χ4v) is 3.56. The molecule has 2 amide bonds. The van der Waals surface area contributed by atoms with Crippen molar-refractivity contribution < 1.29 is 14.0 Å². The van der Waals surface area contributed by atoms with E-state index >= 15 is 0 Å². The maximum atomic E-state index is 13.2. The van der Waals surface area contributed by atoms with Crippen LogP contribution in [0.3, 0.4) is 0 Å². The molecule has 0 heterocycles. The standard InChI is InChI=1S/C22H25FN2O2/c1-15-5-2-3-6-18(15)14-24-21(26)16-9-11-17(12-10-16)22(27)25-20-8-4-7-19(23)13-20/h2-8,13,16-17H,9-12,14H2,1H3,(H,24,26)(H,25,27). The number of carbonyl (C=O) groups excluding carboxylic acids is 2. The highest BCUT2D eigenvalue weighted by molar-refractivity contribution is 5.92. The van der Waals surface area contributed by atoms with E-state index in [0.717, 1.165) is 11.1 Å². The first kappa shape index (κ1) is 19.1. The molecule has 0 unspecified atom stereocenters. The molecule has 0 aliphatic heterocycles. The Balaban J connectivity index is 1.46. The first-order valence-corrected chi connectivity index (χ1v) is 9.41. The number of benzene rings is 2. The van der Waals surface area contributed by atoms with Crippen molar-refractivity contribution in [2.45, 2.75) is 39.2 Å². The van der Waals surface area contributed by atoms with Gasteiger partial charge in [-0.1, -0.05) is 30.3 Å². The van der Waals surface area contributed by atoms with Gasteiger partial charge in [-0.3, -0.25) is 9.59 Å². The van der Waals surface area contributed by atoms with Gasteiger partial charge in [0, 0.05) is 24.1 Å². The lowest BCUT2D eigenvalue weighted by Crippen LogP contribution is -2.35. The molecule has 0 atom stereocenters. The summed E-state index contributed by atoms with van der Waals surface area (Å²) in [4.78, 5) is 24.8. The Morgan fingerprint density at radius 1 is 0.963 bits per heavy atom. The molecule has 1 aliphatic carbocycles. The minimum absolute atomic E-state index is 0.0489. The maximum Gasteiger partial charge on any atom is 0.227 e. The van der Waals surface area contributed by atoms with Gasteiger partial charge in [-0.15, -0.1) is 0 Å². The highest BCUT2D eigenvalue weighted by atomic mass is 19.1. The lowest BCUT2D eigenvalue weighted by molar-refractivity contribution is -0.128. The van der Waals surface area contributed by atoms with E-state index < -0.39 is 0 Å². The van der Waals surface area contributed by atoms with Crippen LogP contribution < -0.4 is 10.6 Å². The van der Waals surface area contributed by atoms with Gasteiger partial charge in [0.05, 0.1) is 0 Å². The summed E-state index contributed by atoms with van der Waals surface area (Å²) in [6, 6.07) is 13.9. The maximum absolute atomic E-state index is 13.2. The van der Waals surface area contributed by atoms with Crippen LogP contribution in [-0.2, 0) is 16.1 Å². The van der Waals surface area contributed by atoms with Crippen molar-refractivity contribution in [3.63, 3.8) is 0 Å². The Hall–Kier alpha value is -2.69. The molecule has 2 aromatic rings. The number of halogens is 1. The molecule has 1 saturated carbocycles. The van der Waals surface area contributed by atoms with Gasteiger partial charge in [-0.05, 0) is 61.9 Å². The van der Waals surface area contributed by atoms with Crippen molar-refractivity contribution in [3.05, 3.63) is 65.5 Å². The number of rotatable bonds is 5. The van der Waals surface area contributed by atoms with Crippen LogP contribution in [-0.4, -0.2) is 11.8 Å². The monoisotopic (exact) mass is 368 g/mol. The van der Waals surface area contributed by atoms with Crippen molar-refractivity contribution in [1.82, 2.24) is 5.32 Å². The quantitative estimate of drug-likeness (QED) is 0.831. The van der Waals surface area contributed by atoms with Crippen LogP contribution in [0.1, 0.15) is 36.8 Å². The molecule has 0 saturated heterocycles. The fraction of sp³-hybridized carbons (Fsp3) is 0.364. The summed E-state index contributed by atoms with van der Waals surface area (Å²) in [5.41, 5.74) is 2.75. The van der Waals surface area contributed by atoms with Crippen molar-refractivity contribution in [3.8, 4) is 0 Å². The lowest BCUT2D eigenvalue weighted by atomic mass is 9.81. The first-order chi connectivity index (χ1) is 13.0. The number of hydrogen-bond acceptors (Lipinski definition) is 2. The van der Waals surface area contributed by atoms with Gasteiger partial charge >= 0.3 is 0 Å². The van der Waals surface area contributed by atoms with Crippen LogP contribution in [0, 0.1) is 24.6 Å². The largest absolute Gasteiger partial charge is 0.352 e. The molecule has 2 N–H and O–H groups in total. The van der Waals surface area contributed by atoms with E-state index in [1.165, 1.54) is 12.1 Å². The Morgan fingerprint density at radius 3 is 2.30 bits per heavy atom. The Labute approximate surface area is 159 Å². The second kappa shape index (κ2) is 8.80. The van der Waals surface area contributed by atoms with Gasteiger partial charge in [0.1, 0.15) is 5.82 Å². The van der Waals surface area contributed by atoms with E-state index in [1.54, 1.807) is 12.1 Å². The molecular weight excluding hydrogens is 343 g/mol. The second-order valence-electron chi connectivity index (χ2n) is 7.19. The Kier molecular flexibility index (Phi) is 6.22. The van der Waals surface area contributed by atoms with Crippen LogP contribution in [0.15, 0.2) is 48.5 Å². The van der Waals surface area contributed by atoms with E-state index in [-0.39, 0.29) is 29.5 Å². The summed E-state index contributed by atoms with van der Waals surface area (Å²) in [6.07, 6.45) is 2.73. The predicted molar refractivity (Wildman–Crippen MR) is 104 cm³/mol. The third-order valence-electron chi connectivity index (χ3n) is 5.28. The molecule has 3 rings (SSSR count). The summed E-state index contributed by atoms with van der Waals surface area (Å²) in [6.45, 7) is 2.56. The Bertz CT molecular complexity index is 813. The van der Waals surface area contributed by atoms with Crippen molar-refractivity contribution in [2.75, 3.05) is 5.32 Å². The van der Waals surface area contributed by atoms with Crippen molar-refractivity contribution in [1.29, 1.82) is 0 Å². The number of hydrogen-bond donors (Lipinski definition) is 2. The van der Waals surface area contributed by atoms with E-state index in [0.29, 0.717) is 37.9 Å². The molecule has 0 aromatic heterocycles. The van der Waals surface area contributed by atoms with E-state index in [4.69, 9.17) is 0 Å². The van der Waals surface area contributed by atoms with Crippen LogP contribution in [0.5, 0.6) is 0 Å². The molecule has 2 aromatic carbocycles. The average molecular weight is 368 g/mol. The van der Waals surface area contributed by atoms with E-state index in [1.807, 2.05) is 31.2 Å². The average Bonchev–Trinajstić information content (AvgIpc) is 2.67. The highest BCUT2D eigenvalue weighted by Crippen LogP contribution is 2.30. The molecule has 27 heavy (non-hydrogen) atoms. The molecule has 4 nitrogen and oxygen atoms in total. The van der Waals surface area contributed by atoms with Crippen LogP contribution in [0.4, 0.5) is 10.1 Å². The number of carbonyl (C=O) groups is 2. The number of nitrogens with one attached hydrogen (secondary N) is 2. The summed E-state index contributed by atoms with van der Waals surface area (Å²) in [5, 5.41) is 5.79. The number of anilines is 1. The van der Waals surface area contributed by atoms with Gasteiger partial charge in [0.25, 0.3) is 0 Å². The van der Waals surface area contributed by atoms with Crippen LogP contribution >= 0.6 is 0 Å². The molecule has 5 heteroatoms. The number of aryl methyl sites for hydroxylation is 1. The smallest absolute Gasteiger partial charge is 0.227 e. The second-order valence-corrected chi connectivity index (χ2v) is 7.19. The molecule has 1 fully saturated rings. The summed E-state index contributed by atoms with van der Waals surface area (Å²) in [7, 11) is 0. The fourth-order valence-electron chi connectivity index (χ4n) is 3.56. The minimum atomic E-state index is -0.373. The highest BCUT2D eigenvalue weighted by Gasteiger charge is 2.29. The molecule has 0 spiro atoms. The molecular formula is C22H25FN2O2. The zero-order valence-corrected chi connectivity index (χ0v) is 15.5. The van der Waals surface area contributed by atoms with Crippen LogP contribution in [0.2, 0.25) is 0 Å². The molecule has 142 valence electrons. The predicted octanol–water partition coefficient (Wildman–Crippen LogP) is 4.20. The first-order valence-electron chi connectivity index (χ1n) is 9.41. The molecule has 0 bridgehead atoms. The molecule has 1 aliphatic rings. The van der Waals surface area contributed by atoms with Gasteiger partial charge in [0.15, 0.2) is 0 Å². The lowest BCUT2D eigenvalue weighted by Gasteiger charge is -2.27. The van der Waals surface area contributed by atoms with Gasteiger partial charge in [-0.2, -0.15) is 0 Å². The third-order valence-corrected chi connectivity index (χ3v) is 5.28. The normalized spacial score (nSPS) is 19.3. The summed E-state index contributed by atoms with van der Waals surface area (Å²) >= 11 is 0. The topological polar surface area (TPSA) is 58.2 Å². The zero-order valence-electron chi connectivity index (χ0n) is 15.5. The molecule has 0 radical (unpaired) electrons. The van der Waals surface area contributed by atoms with E-state index in [2.05, 4.69) is 10.6 Å². The van der Waals surface area contributed by atoms with Crippen molar-refractivity contribution in [2.24, 2.45) is 11.8 Å². The van der Waals surface area contributed by atoms with Gasteiger partial charge in [0.2, 0.25) is 11.8 Å². The SMILES string of the molecule is Cc1ccccc1CNC(=O)C1CCC(C(=O)Nc2cccc(F)c2)CC1. The third kappa shape index (κ3) is 5.16. The van der Waals surface area contributed by atoms with E-state index in [9.17, 15) is 14.0 Å². The minimum Gasteiger partial charge on any atom is -0.352 e. The van der Waals surface area contributed by atoms with Crippen molar-refractivity contribution >= 4 is 17.5 Å². The Morgan fingerprint density at radius 2 is 1.63 bits per heavy atom. The van der Waals surface area contributed by atoms with Gasteiger partial charge < -0.3 is 10.6 Å². The summed E-state index contributed by atoms with van der Waals surface area (Å²) < 4.78 is 13.2. The number of amides is 2. The van der Waals surface area contributed by atoms with Gasteiger partial charge in [-0.25, -0.2) is 4.39 Å². The van der Waals surface area contributed by atoms with Crippen LogP contribution in [0.25, 0.3) is 0 Å². The summed E-state index contributed by atoms with van der Waals surface area (Å²) in [5.74, 6) is -0.593. The zero-order chi connectivity index (χ0) is 19.2.